The smallest absolute Gasteiger partial charge is 0.306 e. The third kappa shape index (κ3) is 4.54. The molecule has 0 saturated carbocycles. The summed E-state index contributed by atoms with van der Waals surface area (Å²) in [5, 5.41) is 9.42. The van der Waals surface area contributed by atoms with E-state index in [0.717, 1.165) is 18.4 Å². The Morgan fingerprint density at radius 1 is 1.32 bits per heavy atom. The van der Waals surface area contributed by atoms with E-state index in [1.165, 1.54) is 6.07 Å². The van der Waals surface area contributed by atoms with Gasteiger partial charge in [0.2, 0.25) is 0 Å². The molecule has 0 aliphatic rings. The molecule has 1 aromatic rings. The Morgan fingerprint density at radius 3 is 2.68 bits per heavy atom. The number of hydrogen-bond donors (Lipinski definition) is 1. The summed E-state index contributed by atoms with van der Waals surface area (Å²) < 4.78 is 18.7. The number of carbonyl (C=O) groups is 1. The number of phenols is 1. The highest BCUT2D eigenvalue weighted by Gasteiger charge is 2.13. The van der Waals surface area contributed by atoms with Crippen molar-refractivity contribution in [3.8, 4) is 5.75 Å². The van der Waals surface area contributed by atoms with E-state index < -0.39 is 5.82 Å². The highest BCUT2D eigenvalue weighted by Crippen LogP contribution is 2.25. The van der Waals surface area contributed by atoms with Crippen LogP contribution in [-0.2, 0) is 22.4 Å². The Bertz CT molecular complexity index is 430. The lowest BCUT2D eigenvalue weighted by atomic mass is 9.97. The van der Waals surface area contributed by atoms with Crippen molar-refractivity contribution in [3.05, 3.63) is 29.1 Å². The van der Waals surface area contributed by atoms with Crippen LogP contribution in [0.15, 0.2) is 12.1 Å². The lowest BCUT2D eigenvalue weighted by Crippen LogP contribution is -2.07. The van der Waals surface area contributed by atoms with Crippen LogP contribution in [0.5, 0.6) is 5.75 Å². The lowest BCUT2D eigenvalue weighted by Gasteiger charge is -2.11. The van der Waals surface area contributed by atoms with Gasteiger partial charge in [0.25, 0.3) is 0 Å². The zero-order valence-corrected chi connectivity index (χ0v) is 11.5. The first-order valence-corrected chi connectivity index (χ1v) is 6.75. The van der Waals surface area contributed by atoms with E-state index in [2.05, 4.69) is 0 Å². The summed E-state index contributed by atoms with van der Waals surface area (Å²) in [5.41, 5.74) is 1.29. The average molecular weight is 268 g/mol. The van der Waals surface area contributed by atoms with Crippen molar-refractivity contribution in [1.29, 1.82) is 0 Å². The highest BCUT2D eigenvalue weighted by atomic mass is 19.1. The quantitative estimate of drug-likeness (QED) is 0.771. The molecule has 0 radical (unpaired) electrons. The zero-order valence-electron chi connectivity index (χ0n) is 11.5. The highest BCUT2D eigenvalue weighted by molar-refractivity contribution is 5.69. The van der Waals surface area contributed by atoms with Gasteiger partial charge in [-0.3, -0.25) is 4.79 Å². The second-order valence-electron chi connectivity index (χ2n) is 4.44. The maximum atomic E-state index is 13.9. The van der Waals surface area contributed by atoms with Gasteiger partial charge < -0.3 is 9.84 Å². The van der Waals surface area contributed by atoms with Gasteiger partial charge in [0.05, 0.1) is 6.61 Å². The van der Waals surface area contributed by atoms with E-state index in [1.54, 1.807) is 13.0 Å². The van der Waals surface area contributed by atoms with E-state index in [0.29, 0.717) is 25.0 Å². The number of halogens is 1. The van der Waals surface area contributed by atoms with Crippen LogP contribution in [0.3, 0.4) is 0 Å². The maximum absolute atomic E-state index is 13.9. The van der Waals surface area contributed by atoms with E-state index in [9.17, 15) is 14.3 Å². The number of unbranched alkanes of at least 4 members (excludes halogenated alkanes) is 1. The van der Waals surface area contributed by atoms with Crippen LogP contribution in [0.25, 0.3) is 0 Å². The lowest BCUT2D eigenvalue weighted by molar-refractivity contribution is -0.143. The summed E-state index contributed by atoms with van der Waals surface area (Å²) in [7, 11) is 0. The van der Waals surface area contributed by atoms with Gasteiger partial charge in [0.1, 0.15) is 0 Å². The third-order valence-electron chi connectivity index (χ3n) is 3.00. The molecular formula is C15H21FO3. The normalized spacial score (nSPS) is 10.5. The largest absolute Gasteiger partial charge is 0.505 e. The van der Waals surface area contributed by atoms with Crippen LogP contribution in [0.1, 0.15) is 44.2 Å². The van der Waals surface area contributed by atoms with E-state index in [4.69, 9.17) is 4.74 Å². The van der Waals surface area contributed by atoms with Crippen molar-refractivity contribution in [3.63, 3.8) is 0 Å². The summed E-state index contributed by atoms with van der Waals surface area (Å²) >= 11 is 0. The molecule has 0 saturated heterocycles. The van der Waals surface area contributed by atoms with Crippen molar-refractivity contribution in [2.75, 3.05) is 6.61 Å². The van der Waals surface area contributed by atoms with E-state index in [1.807, 2.05) is 6.92 Å². The molecule has 0 amide bonds. The van der Waals surface area contributed by atoms with Crippen molar-refractivity contribution >= 4 is 5.97 Å². The number of hydrogen-bond acceptors (Lipinski definition) is 3. The SMILES string of the molecule is CCCCc1c(CCC(=O)OCC)ccc(O)c1F. The second kappa shape index (κ2) is 7.77. The monoisotopic (exact) mass is 268 g/mol. The van der Waals surface area contributed by atoms with Gasteiger partial charge in [-0.15, -0.1) is 0 Å². The van der Waals surface area contributed by atoms with Crippen molar-refractivity contribution in [2.45, 2.75) is 46.0 Å². The Labute approximate surface area is 113 Å². The van der Waals surface area contributed by atoms with Crippen molar-refractivity contribution in [1.82, 2.24) is 0 Å². The van der Waals surface area contributed by atoms with Gasteiger partial charge in [0, 0.05) is 6.42 Å². The third-order valence-corrected chi connectivity index (χ3v) is 3.00. The van der Waals surface area contributed by atoms with Crippen molar-refractivity contribution in [2.24, 2.45) is 0 Å². The van der Waals surface area contributed by atoms with Crippen LogP contribution in [0.2, 0.25) is 0 Å². The Balaban J connectivity index is 2.81. The van der Waals surface area contributed by atoms with Crippen LogP contribution >= 0.6 is 0 Å². The minimum Gasteiger partial charge on any atom is -0.505 e. The minimum atomic E-state index is -0.560. The Morgan fingerprint density at radius 2 is 2.05 bits per heavy atom. The van der Waals surface area contributed by atoms with E-state index in [-0.39, 0.29) is 18.1 Å². The molecule has 3 nitrogen and oxygen atoms in total. The van der Waals surface area contributed by atoms with Gasteiger partial charge in [-0.2, -0.15) is 0 Å². The predicted molar refractivity (Wildman–Crippen MR) is 71.6 cm³/mol. The fourth-order valence-corrected chi connectivity index (χ4v) is 1.98. The topological polar surface area (TPSA) is 46.5 Å². The molecule has 0 bridgehead atoms. The molecule has 19 heavy (non-hydrogen) atoms. The molecule has 0 fully saturated rings. The molecular weight excluding hydrogens is 247 g/mol. The first-order valence-electron chi connectivity index (χ1n) is 6.75. The molecule has 0 heterocycles. The van der Waals surface area contributed by atoms with Crippen LogP contribution in [-0.4, -0.2) is 17.7 Å². The number of phenolic OH excluding ortho intramolecular Hbond substituents is 1. The molecule has 0 aliphatic carbocycles. The van der Waals surface area contributed by atoms with E-state index >= 15 is 0 Å². The number of carbonyl (C=O) groups excluding carboxylic acids is 1. The molecule has 106 valence electrons. The number of rotatable bonds is 7. The van der Waals surface area contributed by atoms with Gasteiger partial charge >= 0.3 is 5.97 Å². The number of aromatic hydroxyl groups is 1. The molecule has 1 rings (SSSR count). The molecule has 1 aromatic carbocycles. The average Bonchev–Trinajstić information content (AvgIpc) is 2.39. The Kier molecular flexibility index (Phi) is 6.33. The van der Waals surface area contributed by atoms with Gasteiger partial charge in [-0.25, -0.2) is 4.39 Å². The molecule has 0 unspecified atom stereocenters. The molecule has 0 spiro atoms. The van der Waals surface area contributed by atoms with Crippen LogP contribution < -0.4 is 0 Å². The molecule has 4 heteroatoms. The minimum absolute atomic E-state index is 0.233. The Hall–Kier alpha value is -1.58. The fourth-order valence-electron chi connectivity index (χ4n) is 1.98. The molecule has 0 aliphatic heterocycles. The molecule has 0 atom stereocenters. The van der Waals surface area contributed by atoms with Gasteiger partial charge in [0.15, 0.2) is 11.6 Å². The second-order valence-corrected chi connectivity index (χ2v) is 4.44. The number of benzene rings is 1. The van der Waals surface area contributed by atoms with Crippen LogP contribution in [0.4, 0.5) is 4.39 Å². The fraction of sp³-hybridized carbons (Fsp3) is 0.533. The number of aryl methyl sites for hydroxylation is 1. The summed E-state index contributed by atoms with van der Waals surface area (Å²) in [6.45, 7) is 4.13. The molecule has 1 N–H and O–H groups in total. The standard InChI is InChI=1S/C15H21FO3/c1-3-5-6-12-11(7-9-13(17)15(12)16)8-10-14(18)19-4-2/h7,9,17H,3-6,8,10H2,1-2H3. The van der Waals surface area contributed by atoms with Gasteiger partial charge in [-0.1, -0.05) is 19.4 Å². The summed E-state index contributed by atoms with van der Waals surface area (Å²) in [6, 6.07) is 3.02. The summed E-state index contributed by atoms with van der Waals surface area (Å²) in [4.78, 5) is 11.3. The first kappa shape index (κ1) is 15.5. The zero-order chi connectivity index (χ0) is 14.3. The van der Waals surface area contributed by atoms with Crippen LogP contribution in [0, 0.1) is 5.82 Å². The van der Waals surface area contributed by atoms with Crippen molar-refractivity contribution < 1.29 is 19.0 Å². The first-order chi connectivity index (χ1) is 9.10. The summed E-state index contributed by atoms with van der Waals surface area (Å²) in [6.07, 6.45) is 3.06. The molecule has 0 aromatic heterocycles. The number of ether oxygens (including phenoxy) is 1. The predicted octanol–water partition coefficient (Wildman–Crippen LogP) is 3.37. The van der Waals surface area contributed by atoms with Gasteiger partial charge in [-0.05, 0) is 43.4 Å². The maximum Gasteiger partial charge on any atom is 0.306 e. The summed E-state index contributed by atoms with van der Waals surface area (Å²) in [5.74, 6) is -1.17. The number of esters is 1.